The van der Waals surface area contributed by atoms with Gasteiger partial charge in [-0.3, -0.25) is 24.1 Å². The largest absolute Gasteiger partial charge is 0.505 e. The van der Waals surface area contributed by atoms with Crippen LogP contribution in [0.4, 0.5) is 9.18 Å². The number of aromatic hydroxyl groups is 1. The highest BCUT2D eigenvalue weighted by Crippen LogP contribution is 2.66. The summed E-state index contributed by atoms with van der Waals surface area (Å²) < 4.78 is 19.0. The second-order valence-electron chi connectivity index (χ2n) is 9.16. The molecule has 0 aromatic heterocycles. The van der Waals surface area contributed by atoms with Crippen LogP contribution in [0.1, 0.15) is 24.3 Å². The van der Waals surface area contributed by atoms with Gasteiger partial charge in [-0.1, -0.05) is 23.8 Å². The number of allylic oxidation sites excluding steroid dienone is 2. The molecule has 184 valence electrons. The molecule has 5 amide bonds. The Balaban J connectivity index is 1.74. The number of hydrogen-bond acceptors (Lipinski definition) is 7. The molecule has 1 N–H and O–H groups in total. The Bertz CT molecular complexity index is 1270. The Morgan fingerprint density at radius 3 is 2.49 bits per heavy atom. The van der Waals surface area contributed by atoms with E-state index in [1.165, 1.54) is 19.2 Å². The number of hydrogen-bond donors (Lipinski definition) is 1. The van der Waals surface area contributed by atoms with Crippen LogP contribution < -0.4 is 0 Å². The first-order valence-corrected chi connectivity index (χ1v) is 11.5. The van der Waals surface area contributed by atoms with Gasteiger partial charge in [0.2, 0.25) is 11.8 Å². The molecule has 6 atom stereocenters. The second kappa shape index (κ2) is 7.51. The smallest absolute Gasteiger partial charge is 0.423 e. The van der Waals surface area contributed by atoms with Crippen LogP contribution in [0.2, 0.25) is 0 Å². The second-order valence-corrected chi connectivity index (χ2v) is 10.4. The number of halogens is 3. The standard InChI is InChI=1S/C23H19Cl2FN2O7/c1-27-19(32)22(24)8-12-9(6-7-10-14(12)18(31)28(17(10)30)21(34)35-2)15(23(22,25)20(27)33)11-4-3-5-13(26)16(11)29/h3-6,10,12,14-15,29H,7-8H2,1-2H3. The van der Waals surface area contributed by atoms with Gasteiger partial charge in [-0.2, -0.15) is 4.90 Å². The Labute approximate surface area is 208 Å². The number of benzene rings is 1. The number of imide groups is 4. The van der Waals surface area contributed by atoms with Crippen molar-refractivity contribution in [3.8, 4) is 5.75 Å². The monoisotopic (exact) mass is 524 g/mol. The summed E-state index contributed by atoms with van der Waals surface area (Å²) in [7, 11) is 2.25. The molecule has 0 radical (unpaired) electrons. The first-order chi connectivity index (χ1) is 16.4. The zero-order chi connectivity index (χ0) is 25.6. The molecule has 1 aromatic carbocycles. The van der Waals surface area contributed by atoms with Crippen LogP contribution >= 0.6 is 23.2 Å². The van der Waals surface area contributed by atoms with Crippen molar-refractivity contribution >= 4 is 52.9 Å². The first-order valence-electron chi connectivity index (χ1n) is 10.7. The van der Waals surface area contributed by atoms with E-state index in [0.717, 1.165) is 18.1 Å². The number of rotatable bonds is 1. The van der Waals surface area contributed by atoms with Crippen molar-refractivity contribution in [3.63, 3.8) is 0 Å². The van der Waals surface area contributed by atoms with Crippen LogP contribution in [0.25, 0.3) is 0 Å². The highest BCUT2D eigenvalue weighted by molar-refractivity contribution is 6.53. The summed E-state index contributed by atoms with van der Waals surface area (Å²) in [5, 5.41) is 10.6. The number of nitrogens with zero attached hydrogens (tertiary/aromatic N) is 2. The maximum atomic E-state index is 14.4. The number of phenols is 1. The van der Waals surface area contributed by atoms with Crippen molar-refractivity contribution in [1.82, 2.24) is 9.80 Å². The van der Waals surface area contributed by atoms with Crippen molar-refractivity contribution in [2.45, 2.75) is 28.5 Å². The van der Waals surface area contributed by atoms with Crippen LogP contribution in [-0.4, -0.2) is 68.5 Å². The molecule has 0 spiro atoms. The summed E-state index contributed by atoms with van der Waals surface area (Å²) in [6.07, 6.45) is 0.191. The third-order valence-corrected chi connectivity index (χ3v) is 9.11. The number of ether oxygens (including phenoxy) is 1. The molecule has 4 aliphatic rings. The Morgan fingerprint density at radius 2 is 1.83 bits per heavy atom. The highest BCUT2D eigenvalue weighted by Gasteiger charge is 2.76. The van der Waals surface area contributed by atoms with E-state index in [4.69, 9.17) is 23.2 Å². The maximum Gasteiger partial charge on any atom is 0.423 e. The zero-order valence-electron chi connectivity index (χ0n) is 18.5. The number of fused-ring (bicyclic) bond motifs is 4. The highest BCUT2D eigenvalue weighted by atomic mass is 35.5. The van der Waals surface area contributed by atoms with E-state index in [1.54, 1.807) is 6.08 Å². The molecule has 2 saturated heterocycles. The minimum atomic E-state index is -2.14. The van der Waals surface area contributed by atoms with E-state index in [-0.39, 0.29) is 18.4 Å². The van der Waals surface area contributed by atoms with Crippen molar-refractivity contribution in [2.75, 3.05) is 14.2 Å². The average Bonchev–Trinajstić information content (AvgIpc) is 3.16. The van der Waals surface area contributed by atoms with Gasteiger partial charge in [-0.05, 0) is 24.8 Å². The van der Waals surface area contributed by atoms with Crippen molar-refractivity contribution in [3.05, 3.63) is 41.2 Å². The number of para-hydroxylation sites is 1. The summed E-state index contributed by atoms with van der Waals surface area (Å²) in [4.78, 5) is 61.9. The predicted molar refractivity (Wildman–Crippen MR) is 118 cm³/mol. The SMILES string of the molecule is COC(=O)N1C(=O)C2CC=C3C(CC4(Cl)C(=O)N(C)C(=O)C4(Cl)C3c3cccc(F)c3O)C2C1=O. The van der Waals surface area contributed by atoms with Crippen LogP contribution in [0.15, 0.2) is 29.8 Å². The lowest BCUT2D eigenvalue weighted by atomic mass is 9.56. The molecule has 6 unspecified atom stereocenters. The van der Waals surface area contributed by atoms with Gasteiger partial charge in [0.25, 0.3) is 11.8 Å². The van der Waals surface area contributed by atoms with Gasteiger partial charge in [-0.15, -0.1) is 23.2 Å². The van der Waals surface area contributed by atoms with Crippen LogP contribution in [0, 0.1) is 23.6 Å². The van der Waals surface area contributed by atoms with Gasteiger partial charge in [0.1, 0.15) is 0 Å². The summed E-state index contributed by atoms with van der Waals surface area (Å²) in [6.45, 7) is 0. The summed E-state index contributed by atoms with van der Waals surface area (Å²) in [6, 6.07) is 3.68. The molecule has 35 heavy (non-hydrogen) atoms. The molecule has 1 saturated carbocycles. The Morgan fingerprint density at radius 1 is 1.14 bits per heavy atom. The minimum Gasteiger partial charge on any atom is -0.505 e. The lowest BCUT2D eigenvalue weighted by Crippen LogP contribution is -2.60. The van der Waals surface area contributed by atoms with Gasteiger partial charge < -0.3 is 9.84 Å². The lowest BCUT2D eigenvalue weighted by Gasteiger charge is -2.50. The fourth-order valence-electron chi connectivity index (χ4n) is 6.13. The molecule has 2 aliphatic heterocycles. The number of phenolic OH excluding ortho intramolecular Hbond substituents is 1. The van der Waals surface area contributed by atoms with E-state index in [2.05, 4.69) is 4.74 Å². The number of amides is 5. The quantitative estimate of drug-likeness (QED) is 0.339. The first kappa shape index (κ1) is 23.7. The number of likely N-dealkylation sites (tertiary alicyclic amines) is 2. The molecular weight excluding hydrogens is 506 g/mol. The Hall–Kier alpha value is -2.98. The molecule has 2 heterocycles. The number of carbonyl (C=O) groups is 5. The van der Waals surface area contributed by atoms with Crippen LogP contribution in [-0.2, 0) is 23.9 Å². The fraction of sp³-hybridized carbons (Fsp3) is 0.435. The van der Waals surface area contributed by atoms with Gasteiger partial charge in [0, 0.05) is 18.5 Å². The van der Waals surface area contributed by atoms with E-state index in [0.29, 0.717) is 10.5 Å². The van der Waals surface area contributed by atoms with Gasteiger partial charge in [-0.25, -0.2) is 9.18 Å². The predicted octanol–water partition coefficient (Wildman–Crippen LogP) is 2.29. The van der Waals surface area contributed by atoms with Gasteiger partial charge >= 0.3 is 6.09 Å². The van der Waals surface area contributed by atoms with E-state index in [9.17, 15) is 33.5 Å². The van der Waals surface area contributed by atoms with Crippen LogP contribution in [0.5, 0.6) is 5.75 Å². The maximum absolute atomic E-state index is 14.4. The Kier molecular flexibility index (Phi) is 5.09. The molecular formula is C23H19Cl2FN2O7. The number of carbonyl (C=O) groups excluding carboxylic acids is 5. The van der Waals surface area contributed by atoms with E-state index < -0.39 is 74.7 Å². The van der Waals surface area contributed by atoms with E-state index in [1.807, 2.05) is 0 Å². The summed E-state index contributed by atoms with van der Waals surface area (Å²) in [5.74, 6) is -9.19. The molecule has 9 nitrogen and oxygen atoms in total. The topological polar surface area (TPSA) is 121 Å². The summed E-state index contributed by atoms with van der Waals surface area (Å²) >= 11 is 13.8. The molecule has 2 aliphatic carbocycles. The normalized spacial score (nSPS) is 36.1. The molecule has 12 heteroatoms. The average molecular weight is 525 g/mol. The van der Waals surface area contributed by atoms with Crippen molar-refractivity contribution in [1.29, 1.82) is 0 Å². The van der Waals surface area contributed by atoms with Crippen molar-refractivity contribution < 1.29 is 38.2 Å². The molecule has 1 aromatic rings. The summed E-state index contributed by atoms with van der Waals surface area (Å²) in [5.41, 5.74) is 0.278. The van der Waals surface area contributed by atoms with Crippen molar-refractivity contribution in [2.24, 2.45) is 17.8 Å². The minimum absolute atomic E-state index is 0.0153. The zero-order valence-corrected chi connectivity index (χ0v) is 20.0. The third-order valence-electron chi connectivity index (χ3n) is 7.70. The molecule has 5 rings (SSSR count). The number of methoxy groups -OCH3 is 1. The van der Waals surface area contributed by atoms with Gasteiger partial charge in [0.15, 0.2) is 21.3 Å². The van der Waals surface area contributed by atoms with Gasteiger partial charge in [0.05, 0.1) is 18.9 Å². The molecule has 0 bridgehead atoms. The van der Waals surface area contributed by atoms with Crippen LogP contribution in [0.3, 0.4) is 0 Å². The number of alkyl halides is 2. The van der Waals surface area contributed by atoms with E-state index >= 15 is 0 Å². The third kappa shape index (κ3) is 2.72. The lowest BCUT2D eigenvalue weighted by molar-refractivity contribution is -0.139. The fourth-order valence-corrected chi connectivity index (χ4v) is 7.14. The molecule has 3 fully saturated rings.